The van der Waals surface area contributed by atoms with Gasteiger partial charge in [-0.2, -0.15) is 0 Å². The number of aliphatic hydroxyl groups excluding tert-OH is 1. The summed E-state index contributed by atoms with van der Waals surface area (Å²) in [6.07, 6.45) is 2.03. The third kappa shape index (κ3) is 3.93. The summed E-state index contributed by atoms with van der Waals surface area (Å²) in [6.45, 7) is 10.1. The maximum Gasteiger partial charge on any atom is 0.246 e. The molecule has 0 aliphatic heterocycles. The lowest BCUT2D eigenvalue weighted by atomic mass is 10.0. The number of carbonyl (C=O) groups excluding carboxylic acids is 1. The fourth-order valence-electron chi connectivity index (χ4n) is 2.11. The van der Waals surface area contributed by atoms with Gasteiger partial charge in [-0.3, -0.25) is 4.79 Å². The van der Waals surface area contributed by atoms with Gasteiger partial charge >= 0.3 is 0 Å². The highest BCUT2D eigenvalue weighted by atomic mass is 16.3. The van der Waals surface area contributed by atoms with Gasteiger partial charge in [0, 0.05) is 6.54 Å². The van der Waals surface area contributed by atoms with Crippen LogP contribution in [0.1, 0.15) is 30.0 Å². The zero-order chi connectivity index (χ0) is 14.4. The van der Waals surface area contributed by atoms with E-state index in [1.807, 2.05) is 20.8 Å². The lowest BCUT2D eigenvalue weighted by molar-refractivity contribution is -0.130. The van der Waals surface area contributed by atoms with Crippen LogP contribution in [0, 0.1) is 13.8 Å². The van der Waals surface area contributed by atoms with Gasteiger partial charge in [0.1, 0.15) is 0 Å². The molecule has 0 heterocycles. The smallest absolute Gasteiger partial charge is 0.246 e. The van der Waals surface area contributed by atoms with E-state index < -0.39 is 0 Å². The molecule has 1 N–H and O–H groups in total. The molecule has 1 unspecified atom stereocenters. The molecule has 1 rings (SSSR count). The van der Waals surface area contributed by atoms with Crippen LogP contribution in [0.3, 0.4) is 0 Å². The highest BCUT2D eigenvalue weighted by Crippen LogP contribution is 2.16. The van der Waals surface area contributed by atoms with Gasteiger partial charge in [-0.05, 0) is 37.5 Å². The molecule has 104 valence electrons. The second kappa shape index (κ2) is 7.10. The molecule has 0 aromatic heterocycles. The monoisotopic (exact) mass is 261 g/mol. The molecule has 0 saturated carbocycles. The quantitative estimate of drug-likeness (QED) is 0.800. The van der Waals surface area contributed by atoms with Crippen molar-refractivity contribution in [2.45, 2.75) is 39.8 Å². The zero-order valence-electron chi connectivity index (χ0n) is 12.0. The molecule has 3 nitrogen and oxygen atoms in total. The number of amides is 1. The molecule has 0 aliphatic rings. The average Bonchev–Trinajstić information content (AvgIpc) is 2.41. The molecule has 1 aromatic rings. The Hall–Kier alpha value is -1.61. The SMILES string of the molecule is C=CC(=O)N(Cc1cc(C)ccc1C)C(CC)CO. The van der Waals surface area contributed by atoms with Crippen LogP contribution in [-0.4, -0.2) is 28.6 Å². The maximum atomic E-state index is 12.0. The third-order valence-electron chi connectivity index (χ3n) is 3.43. The number of benzene rings is 1. The Morgan fingerprint density at radius 2 is 2.16 bits per heavy atom. The number of nitrogens with zero attached hydrogens (tertiary/aromatic N) is 1. The second-order valence-electron chi connectivity index (χ2n) is 4.84. The van der Waals surface area contributed by atoms with Gasteiger partial charge in [-0.15, -0.1) is 0 Å². The Labute approximate surface area is 115 Å². The van der Waals surface area contributed by atoms with E-state index >= 15 is 0 Å². The number of rotatable bonds is 6. The van der Waals surface area contributed by atoms with E-state index in [-0.39, 0.29) is 18.6 Å². The molecule has 0 bridgehead atoms. The van der Waals surface area contributed by atoms with Crippen molar-refractivity contribution in [3.05, 3.63) is 47.5 Å². The van der Waals surface area contributed by atoms with E-state index in [2.05, 4.69) is 24.8 Å². The fraction of sp³-hybridized carbons (Fsp3) is 0.438. The Bertz CT molecular complexity index is 450. The van der Waals surface area contributed by atoms with E-state index in [9.17, 15) is 9.90 Å². The predicted octanol–water partition coefficient (Wildman–Crippen LogP) is 2.59. The highest BCUT2D eigenvalue weighted by molar-refractivity contribution is 5.87. The number of aliphatic hydroxyl groups is 1. The van der Waals surface area contributed by atoms with Crippen LogP contribution in [0.4, 0.5) is 0 Å². The zero-order valence-corrected chi connectivity index (χ0v) is 12.0. The van der Waals surface area contributed by atoms with Gasteiger partial charge in [0.05, 0.1) is 12.6 Å². The first kappa shape index (κ1) is 15.4. The fourth-order valence-corrected chi connectivity index (χ4v) is 2.11. The Morgan fingerprint density at radius 3 is 2.68 bits per heavy atom. The Morgan fingerprint density at radius 1 is 1.47 bits per heavy atom. The molecular weight excluding hydrogens is 238 g/mol. The second-order valence-corrected chi connectivity index (χ2v) is 4.84. The van der Waals surface area contributed by atoms with Crippen molar-refractivity contribution >= 4 is 5.91 Å². The topological polar surface area (TPSA) is 40.5 Å². The van der Waals surface area contributed by atoms with Crippen molar-refractivity contribution < 1.29 is 9.90 Å². The first-order valence-corrected chi connectivity index (χ1v) is 6.63. The molecular formula is C16H23NO2. The first-order valence-electron chi connectivity index (χ1n) is 6.63. The van der Waals surface area contributed by atoms with Crippen LogP contribution in [-0.2, 0) is 11.3 Å². The largest absolute Gasteiger partial charge is 0.394 e. The van der Waals surface area contributed by atoms with Gasteiger partial charge in [-0.25, -0.2) is 0 Å². The summed E-state index contributed by atoms with van der Waals surface area (Å²) < 4.78 is 0. The van der Waals surface area contributed by atoms with Crippen LogP contribution in [0.5, 0.6) is 0 Å². The minimum atomic E-state index is -0.162. The Kier molecular flexibility index (Phi) is 5.77. The summed E-state index contributed by atoms with van der Waals surface area (Å²) in [7, 11) is 0. The summed E-state index contributed by atoms with van der Waals surface area (Å²) in [5, 5.41) is 9.41. The molecule has 19 heavy (non-hydrogen) atoms. The minimum absolute atomic E-state index is 0.0268. The first-order chi connectivity index (χ1) is 9.03. The predicted molar refractivity (Wildman–Crippen MR) is 77.8 cm³/mol. The van der Waals surface area contributed by atoms with Gasteiger partial charge in [0.15, 0.2) is 0 Å². The number of aryl methyl sites for hydroxylation is 2. The molecule has 0 aliphatic carbocycles. The molecule has 1 atom stereocenters. The molecule has 0 fully saturated rings. The standard InChI is InChI=1S/C16H23NO2/c1-5-15(11-18)17(16(19)6-2)10-14-9-12(3)7-8-13(14)4/h6-9,15,18H,2,5,10-11H2,1,3-4H3. The van der Waals surface area contributed by atoms with Crippen molar-refractivity contribution in [2.24, 2.45) is 0 Å². The van der Waals surface area contributed by atoms with E-state index in [1.165, 1.54) is 11.6 Å². The minimum Gasteiger partial charge on any atom is -0.394 e. The van der Waals surface area contributed by atoms with E-state index in [0.29, 0.717) is 6.54 Å². The van der Waals surface area contributed by atoms with Crippen LogP contribution in [0.15, 0.2) is 30.9 Å². The van der Waals surface area contributed by atoms with Crippen LogP contribution < -0.4 is 0 Å². The molecule has 3 heteroatoms. The van der Waals surface area contributed by atoms with Gasteiger partial charge < -0.3 is 10.0 Å². The van der Waals surface area contributed by atoms with Crippen LogP contribution >= 0.6 is 0 Å². The van der Waals surface area contributed by atoms with E-state index in [1.54, 1.807) is 4.90 Å². The number of hydrogen-bond acceptors (Lipinski definition) is 2. The summed E-state index contributed by atoms with van der Waals surface area (Å²) in [4.78, 5) is 13.7. The summed E-state index contributed by atoms with van der Waals surface area (Å²) >= 11 is 0. The van der Waals surface area contributed by atoms with Crippen molar-refractivity contribution in [3.63, 3.8) is 0 Å². The van der Waals surface area contributed by atoms with E-state index in [4.69, 9.17) is 0 Å². The average molecular weight is 261 g/mol. The molecule has 0 spiro atoms. The van der Waals surface area contributed by atoms with Gasteiger partial charge in [0.2, 0.25) is 5.91 Å². The summed E-state index contributed by atoms with van der Waals surface area (Å²) in [5.74, 6) is -0.137. The molecule has 1 amide bonds. The lowest BCUT2D eigenvalue weighted by Gasteiger charge is -2.29. The number of carbonyl (C=O) groups is 1. The van der Waals surface area contributed by atoms with Crippen molar-refractivity contribution in [2.75, 3.05) is 6.61 Å². The molecule has 1 aromatic carbocycles. The van der Waals surface area contributed by atoms with Crippen LogP contribution in [0.2, 0.25) is 0 Å². The normalized spacial score (nSPS) is 12.0. The van der Waals surface area contributed by atoms with Gasteiger partial charge in [0.25, 0.3) is 0 Å². The Balaban J connectivity index is 3.03. The lowest BCUT2D eigenvalue weighted by Crippen LogP contribution is -2.40. The summed E-state index contributed by atoms with van der Waals surface area (Å²) in [6, 6.07) is 6.04. The third-order valence-corrected chi connectivity index (χ3v) is 3.43. The molecule has 0 radical (unpaired) electrons. The summed E-state index contributed by atoms with van der Waals surface area (Å²) in [5.41, 5.74) is 3.44. The maximum absolute atomic E-state index is 12.0. The van der Waals surface area contributed by atoms with Crippen molar-refractivity contribution in [1.29, 1.82) is 0 Å². The van der Waals surface area contributed by atoms with Crippen molar-refractivity contribution in [1.82, 2.24) is 4.90 Å². The molecule has 0 saturated heterocycles. The van der Waals surface area contributed by atoms with Crippen LogP contribution in [0.25, 0.3) is 0 Å². The van der Waals surface area contributed by atoms with E-state index in [0.717, 1.165) is 17.5 Å². The number of hydrogen-bond donors (Lipinski definition) is 1. The highest BCUT2D eigenvalue weighted by Gasteiger charge is 2.20. The van der Waals surface area contributed by atoms with Gasteiger partial charge in [-0.1, -0.05) is 37.3 Å². The van der Waals surface area contributed by atoms with Crippen molar-refractivity contribution in [3.8, 4) is 0 Å².